The Morgan fingerprint density at radius 3 is 2.50 bits per heavy atom. The Morgan fingerprint density at radius 1 is 1.06 bits per heavy atom. The summed E-state index contributed by atoms with van der Waals surface area (Å²) >= 11 is 4.97. The predicted octanol–water partition coefficient (Wildman–Crippen LogP) is 4.32. The van der Waals surface area contributed by atoms with E-state index in [0.717, 1.165) is 14.3 Å². The Hall–Kier alpha value is -1.00. The molecule has 0 spiro atoms. The minimum atomic E-state index is -0.311. The van der Waals surface area contributed by atoms with Gasteiger partial charge in [0.15, 0.2) is 0 Å². The van der Waals surface area contributed by atoms with Crippen LogP contribution < -0.4 is 5.73 Å². The Morgan fingerprint density at radius 2 is 1.81 bits per heavy atom. The van der Waals surface area contributed by atoms with Gasteiger partial charge in [-0.15, -0.1) is 0 Å². The van der Waals surface area contributed by atoms with E-state index in [1.54, 1.807) is 6.07 Å². The molecule has 2 aromatic rings. The van der Waals surface area contributed by atoms with Gasteiger partial charge in [-0.05, 0) is 46.3 Å². The van der Waals surface area contributed by atoms with Crippen LogP contribution in [0, 0.1) is 5.82 Å². The summed E-state index contributed by atoms with van der Waals surface area (Å²) in [5, 5.41) is 0. The van der Waals surface area contributed by atoms with Crippen molar-refractivity contribution in [1.29, 1.82) is 0 Å². The zero-order valence-corrected chi connectivity index (χ0v) is 10.7. The lowest BCUT2D eigenvalue weighted by Gasteiger charge is -2.06. The van der Waals surface area contributed by atoms with Crippen LogP contribution in [0.15, 0.2) is 56.7 Å². The van der Waals surface area contributed by atoms with Crippen molar-refractivity contribution in [3.63, 3.8) is 0 Å². The first-order valence-electron chi connectivity index (χ1n) is 4.64. The van der Waals surface area contributed by atoms with Gasteiger partial charge in [-0.1, -0.05) is 23.9 Å². The number of nitrogens with two attached hydrogens (primary N) is 1. The Kier molecular flexibility index (Phi) is 3.51. The molecule has 1 nitrogen and oxygen atoms in total. The van der Waals surface area contributed by atoms with Crippen molar-refractivity contribution in [3.05, 3.63) is 52.8 Å². The number of rotatable bonds is 2. The number of anilines is 1. The van der Waals surface area contributed by atoms with Gasteiger partial charge in [-0.25, -0.2) is 4.39 Å². The molecule has 0 fully saturated rings. The highest BCUT2D eigenvalue weighted by atomic mass is 79.9. The van der Waals surface area contributed by atoms with Crippen molar-refractivity contribution >= 4 is 33.4 Å². The van der Waals surface area contributed by atoms with Gasteiger partial charge in [0.25, 0.3) is 0 Å². The number of benzene rings is 2. The van der Waals surface area contributed by atoms with Crippen molar-refractivity contribution < 1.29 is 4.39 Å². The highest BCUT2D eigenvalue weighted by Crippen LogP contribution is 2.36. The third-order valence-corrected chi connectivity index (χ3v) is 4.15. The average Bonchev–Trinajstić information content (AvgIpc) is 2.25. The summed E-state index contributed by atoms with van der Waals surface area (Å²) in [6, 6.07) is 12.3. The van der Waals surface area contributed by atoms with Crippen LogP contribution in [-0.4, -0.2) is 0 Å². The van der Waals surface area contributed by atoms with Gasteiger partial charge in [0, 0.05) is 20.0 Å². The molecule has 0 aliphatic rings. The van der Waals surface area contributed by atoms with Gasteiger partial charge in [-0.2, -0.15) is 0 Å². The molecule has 0 unspecified atom stereocenters. The Balaban J connectivity index is 2.31. The molecule has 0 radical (unpaired) electrons. The lowest BCUT2D eigenvalue weighted by Crippen LogP contribution is -1.89. The zero-order chi connectivity index (χ0) is 11.5. The second kappa shape index (κ2) is 4.89. The maximum absolute atomic E-state index is 12.9. The molecule has 16 heavy (non-hydrogen) atoms. The molecule has 0 saturated heterocycles. The SMILES string of the molecule is Nc1cc(F)ccc1Sc1ccccc1Br. The van der Waals surface area contributed by atoms with E-state index < -0.39 is 0 Å². The van der Waals surface area contributed by atoms with Crippen LogP contribution in [0.5, 0.6) is 0 Å². The molecule has 0 amide bonds. The quantitative estimate of drug-likeness (QED) is 0.836. The minimum Gasteiger partial charge on any atom is -0.398 e. The maximum atomic E-state index is 12.9. The van der Waals surface area contributed by atoms with E-state index in [-0.39, 0.29) is 5.82 Å². The molecule has 2 aromatic carbocycles. The first-order chi connectivity index (χ1) is 7.66. The van der Waals surface area contributed by atoms with Crippen LogP contribution in [0.3, 0.4) is 0 Å². The molecular formula is C12H9BrFNS. The smallest absolute Gasteiger partial charge is 0.125 e. The molecule has 0 aliphatic heterocycles. The van der Waals surface area contributed by atoms with Crippen molar-refractivity contribution in [2.75, 3.05) is 5.73 Å². The molecular weight excluding hydrogens is 289 g/mol. The second-order valence-electron chi connectivity index (χ2n) is 3.21. The van der Waals surface area contributed by atoms with Crippen LogP contribution in [0.4, 0.5) is 10.1 Å². The van der Waals surface area contributed by atoms with Crippen LogP contribution in [0.1, 0.15) is 0 Å². The van der Waals surface area contributed by atoms with Crippen LogP contribution >= 0.6 is 27.7 Å². The van der Waals surface area contributed by atoms with Gasteiger partial charge >= 0.3 is 0 Å². The molecule has 2 N–H and O–H groups in total. The molecule has 0 bridgehead atoms. The molecule has 0 atom stereocenters. The fraction of sp³-hybridized carbons (Fsp3) is 0. The number of nitrogen functional groups attached to an aromatic ring is 1. The minimum absolute atomic E-state index is 0.311. The largest absolute Gasteiger partial charge is 0.398 e. The van der Waals surface area contributed by atoms with Crippen LogP contribution in [0.25, 0.3) is 0 Å². The molecule has 0 aliphatic carbocycles. The maximum Gasteiger partial charge on any atom is 0.125 e. The van der Waals surface area contributed by atoms with Gasteiger partial charge < -0.3 is 5.73 Å². The first-order valence-corrected chi connectivity index (χ1v) is 6.25. The van der Waals surface area contributed by atoms with E-state index >= 15 is 0 Å². The molecule has 0 saturated carbocycles. The van der Waals surface area contributed by atoms with Crippen molar-refractivity contribution in [1.82, 2.24) is 0 Å². The number of halogens is 2. The van der Waals surface area contributed by atoms with E-state index in [4.69, 9.17) is 5.73 Å². The van der Waals surface area contributed by atoms with Crippen molar-refractivity contribution in [2.24, 2.45) is 0 Å². The average molecular weight is 298 g/mol. The summed E-state index contributed by atoms with van der Waals surface area (Å²) < 4.78 is 13.9. The molecule has 2 rings (SSSR count). The highest BCUT2D eigenvalue weighted by Gasteiger charge is 2.05. The van der Waals surface area contributed by atoms with Crippen molar-refractivity contribution in [3.8, 4) is 0 Å². The third-order valence-electron chi connectivity index (χ3n) is 2.03. The summed E-state index contributed by atoms with van der Waals surface area (Å²) in [7, 11) is 0. The van der Waals surface area contributed by atoms with E-state index in [1.165, 1.54) is 23.9 Å². The van der Waals surface area contributed by atoms with Crippen LogP contribution in [-0.2, 0) is 0 Å². The molecule has 0 aromatic heterocycles. The normalized spacial score (nSPS) is 10.4. The number of hydrogen-bond acceptors (Lipinski definition) is 2. The van der Waals surface area contributed by atoms with Crippen LogP contribution in [0.2, 0.25) is 0 Å². The fourth-order valence-electron chi connectivity index (χ4n) is 1.26. The third kappa shape index (κ3) is 2.57. The molecule has 4 heteroatoms. The number of hydrogen-bond donors (Lipinski definition) is 1. The second-order valence-corrected chi connectivity index (χ2v) is 5.15. The monoisotopic (exact) mass is 297 g/mol. The van der Waals surface area contributed by atoms with Gasteiger partial charge in [-0.3, -0.25) is 0 Å². The topological polar surface area (TPSA) is 26.0 Å². The fourth-order valence-corrected chi connectivity index (χ4v) is 2.65. The van der Waals surface area contributed by atoms with Crippen molar-refractivity contribution in [2.45, 2.75) is 9.79 Å². The van der Waals surface area contributed by atoms with Gasteiger partial charge in [0.05, 0.1) is 0 Å². The summed E-state index contributed by atoms with van der Waals surface area (Å²) in [6.07, 6.45) is 0. The summed E-state index contributed by atoms with van der Waals surface area (Å²) in [6.45, 7) is 0. The Bertz CT molecular complexity index is 516. The Labute approximate surface area is 106 Å². The first kappa shape index (κ1) is 11.5. The lowest BCUT2D eigenvalue weighted by molar-refractivity contribution is 0.627. The molecule has 82 valence electrons. The van der Waals surface area contributed by atoms with E-state index in [2.05, 4.69) is 15.9 Å². The van der Waals surface area contributed by atoms with E-state index in [0.29, 0.717) is 5.69 Å². The van der Waals surface area contributed by atoms with Gasteiger partial charge in [0.2, 0.25) is 0 Å². The van der Waals surface area contributed by atoms with E-state index in [1.807, 2.05) is 24.3 Å². The van der Waals surface area contributed by atoms with E-state index in [9.17, 15) is 4.39 Å². The molecule has 0 heterocycles. The lowest BCUT2D eigenvalue weighted by atomic mass is 10.3. The highest BCUT2D eigenvalue weighted by molar-refractivity contribution is 9.10. The van der Waals surface area contributed by atoms with Gasteiger partial charge in [0.1, 0.15) is 5.82 Å². The summed E-state index contributed by atoms with van der Waals surface area (Å²) in [5.41, 5.74) is 6.20. The zero-order valence-electron chi connectivity index (χ0n) is 8.28. The predicted molar refractivity (Wildman–Crippen MR) is 69.1 cm³/mol. The summed E-state index contributed by atoms with van der Waals surface area (Å²) in [5.74, 6) is -0.311. The standard InChI is InChI=1S/C12H9BrFNS/c13-9-3-1-2-4-11(9)16-12-6-5-8(14)7-10(12)15/h1-7H,15H2. The summed E-state index contributed by atoms with van der Waals surface area (Å²) in [4.78, 5) is 1.91.